The Bertz CT molecular complexity index is 594. The molecule has 0 N–H and O–H groups in total. The van der Waals surface area contributed by atoms with Gasteiger partial charge in [-0.25, -0.2) is 0 Å². The smallest absolute Gasteiger partial charge is 0.186 e. The predicted molar refractivity (Wildman–Crippen MR) is 101 cm³/mol. The van der Waals surface area contributed by atoms with E-state index in [1.807, 2.05) is 0 Å². The average Bonchev–Trinajstić information content (AvgIpc) is 2.52. The molecular weight excluding hydrogens is 347 g/mol. The third-order valence-corrected chi connectivity index (χ3v) is 21.5. The molecule has 1 aliphatic heterocycles. The Balaban J connectivity index is 2.24. The van der Waals surface area contributed by atoms with Crippen LogP contribution in [0.1, 0.15) is 0 Å². The molecule has 0 aliphatic carbocycles. The summed E-state index contributed by atoms with van der Waals surface area (Å²) in [4.78, 5) is 0. The molecule has 1 heterocycles. The highest BCUT2D eigenvalue weighted by molar-refractivity contribution is 7.49. The fraction of sp³-hybridized carbons (Fsp3) is 0.294. The zero-order chi connectivity index (χ0) is 15.8. The molecule has 1 saturated heterocycles. The first kappa shape index (κ1) is 16.3. The Labute approximate surface area is 144 Å². The highest BCUT2D eigenvalue weighted by Gasteiger charge is 2.58. The maximum Gasteiger partial charge on any atom is 0.186 e. The van der Waals surface area contributed by atoms with Crippen molar-refractivity contribution in [1.82, 2.24) is 0 Å². The highest BCUT2D eigenvalue weighted by atomic mass is 35.5. The number of halogens is 2. The second-order valence-corrected chi connectivity index (χ2v) is 20.1. The van der Waals surface area contributed by atoms with Gasteiger partial charge in [-0.2, -0.15) is 0 Å². The monoisotopic (exact) mass is 366 g/mol. The van der Waals surface area contributed by atoms with Gasteiger partial charge < -0.3 is 4.43 Å². The van der Waals surface area contributed by atoms with E-state index in [9.17, 15) is 0 Å². The van der Waals surface area contributed by atoms with Crippen LogP contribution in [-0.2, 0) is 4.43 Å². The maximum absolute atomic E-state index is 6.58. The van der Waals surface area contributed by atoms with Gasteiger partial charge in [0.1, 0.15) is 13.2 Å². The number of hydrogen-bond acceptors (Lipinski definition) is 1. The SMILES string of the molecule is C[Si]1(C)OC(Cl)C(Cl)C[Si]1(c1ccccc1)c1ccccc1. The summed E-state index contributed by atoms with van der Waals surface area (Å²) in [6.07, 6.45) is 0. The summed E-state index contributed by atoms with van der Waals surface area (Å²) >= 11 is 12.9. The molecule has 2 unspecified atom stereocenters. The van der Waals surface area contributed by atoms with Gasteiger partial charge in [0.2, 0.25) is 0 Å². The van der Waals surface area contributed by atoms with E-state index in [0.29, 0.717) is 0 Å². The van der Waals surface area contributed by atoms with Crippen LogP contribution in [0.15, 0.2) is 60.7 Å². The molecule has 0 spiro atoms. The molecule has 0 radical (unpaired) electrons. The quantitative estimate of drug-likeness (QED) is 0.581. The van der Waals surface area contributed by atoms with Crippen LogP contribution in [0.5, 0.6) is 0 Å². The molecule has 3 rings (SSSR count). The molecule has 2 aromatic carbocycles. The lowest BCUT2D eigenvalue weighted by Gasteiger charge is -2.50. The molecule has 0 amide bonds. The summed E-state index contributed by atoms with van der Waals surface area (Å²) in [5.74, 6) is 0. The lowest BCUT2D eigenvalue weighted by molar-refractivity contribution is 0.271. The normalized spacial score (nSPS) is 26.5. The zero-order valence-corrected chi connectivity index (χ0v) is 16.3. The summed E-state index contributed by atoms with van der Waals surface area (Å²) in [7, 11) is -4.10. The fourth-order valence-corrected chi connectivity index (χ4v) is 20.2. The van der Waals surface area contributed by atoms with Gasteiger partial charge in [0.25, 0.3) is 0 Å². The average molecular weight is 367 g/mol. The van der Waals surface area contributed by atoms with Crippen molar-refractivity contribution in [3.05, 3.63) is 60.7 Å². The van der Waals surface area contributed by atoms with Crippen LogP contribution in [0.2, 0.25) is 19.1 Å². The molecule has 116 valence electrons. The first-order valence-electron chi connectivity index (χ1n) is 7.54. The van der Waals surface area contributed by atoms with Gasteiger partial charge in [-0.15, -0.1) is 11.6 Å². The minimum atomic E-state index is -2.07. The molecule has 0 aromatic heterocycles. The van der Waals surface area contributed by atoms with Crippen LogP contribution in [0.25, 0.3) is 0 Å². The summed E-state index contributed by atoms with van der Waals surface area (Å²) in [6, 6.07) is 22.5. The Morgan fingerprint density at radius 1 is 0.864 bits per heavy atom. The minimum Gasteiger partial charge on any atom is -0.402 e. The van der Waals surface area contributed by atoms with Crippen molar-refractivity contribution < 1.29 is 4.43 Å². The molecule has 1 nitrogen and oxygen atoms in total. The van der Waals surface area contributed by atoms with Gasteiger partial charge in [0.15, 0.2) is 7.83 Å². The van der Waals surface area contributed by atoms with Crippen LogP contribution in [0.3, 0.4) is 0 Å². The molecule has 1 fully saturated rings. The molecule has 5 heteroatoms. The van der Waals surface area contributed by atoms with Crippen molar-refractivity contribution in [3.63, 3.8) is 0 Å². The van der Waals surface area contributed by atoms with Gasteiger partial charge >= 0.3 is 0 Å². The molecule has 22 heavy (non-hydrogen) atoms. The van der Waals surface area contributed by atoms with E-state index in [0.717, 1.165) is 6.04 Å². The molecular formula is C17H20Cl2OSi2. The van der Waals surface area contributed by atoms with E-state index < -0.39 is 15.4 Å². The Hall–Kier alpha value is -0.586. The van der Waals surface area contributed by atoms with E-state index in [4.69, 9.17) is 27.6 Å². The van der Waals surface area contributed by atoms with Crippen molar-refractivity contribution in [2.24, 2.45) is 0 Å². The van der Waals surface area contributed by atoms with Crippen LogP contribution < -0.4 is 10.4 Å². The first-order valence-corrected chi connectivity index (χ1v) is 14.5. The van der Waals surface area contributed by atoms with Gasteiger partial charge in [0.05, 0.1) is 5.38 Å². The topological polar surface area (TPSA) is 9.23 Å². The molecule has 0 bridgehead atoms. The van der Waals surface area contributed by atoms with E-state index in [1.165, 1.54) is 10.4 Å². The second-order valence-electron chi connectivity index (χ2n) is 6.34. The summed E-state index contributed by atoms with van der Waals surface area (Å²) in [5.41, 5.74) is -0.378. The fourth-order valence-electron chi connectivity index (χ4n) is 3.63. The number of hydrogen-bond donors (Lipinski definition) is 0. The Kier molecular flexibility index (Phi) is 4.54. The lowest BCUT2D eigenvalue weighted by atomic mass is 10.4. The maximum atomic E-state index is 6.58. The van der Waals surface area contributed by atoms with Crippen LogP contribution in [0, 0.1) is 0 Å². The second kappa shape index (κ2) is 6.13. The third-order valence-electron chi connectivity index (χ3n) is 4.75. The Morgan fingerprint density at radius 2 is 1.32 bits per heavy atom. The van der Waals surface area contributed by atoms with Crippen LogP contribution >= 0.6 is 23.2 Å². The predicted octanol–water partition coefficient (Wildman–Crippen LogP) is 3.74. The van der Waals surface area contributed by atoms with Crippen molar-refractivity contribution in [1.29, 1.82) is 0 Å². The van der Waals surface area contributed by atoms with Gasteiger partial charge in [-0.05, 0) is 19.1 Å². The van der Waals surface area contributed by atoms with Crippen molar-refractivity contribution in [2.75, 3.05) is 0 Å². The lowest BCUT2D eigenvalue weighted by Crippen LogP contribution is -2.79. The third kappa shape index (κ3) is 2.59. The minimum absolute atomic E-state index is 0.144. The molecule has 0 saturated carbocycles. The van der Waals surface area contributed by atoms with Crippen molar-refractivity contribution in [2.45, 2.75) is 30.1 Å². The van der Waals surface area contributed by atoms with Crippen molar-refractivity contribution >= 4 is 49.0 Å². The molecule has 2 aromatic rings. The van der Waals surface area contributed by atoms with E-state index >= 15 is 0 Å². The summed E-state index contributed by atoms with van der Waals surface area (Å²) in [5, 5.41) is 2.67. The van der Waals surface area contributed by atoms with Gasteiger partial charge in [0, 0.05) is 0 Å². The van der Waals surface area contributed by atoms with Gasteiger partial charge in [-0.1, -0.05) is 82.6 Å². The number of alkyl halides is 2. The van der Waals surface area contributed by atoms with Crippen LogP contribution in [-0.4, -0.2) is 26.4 Å². The molecule has 2 atom stereocenters. The van der Waals surface area contributed by atoms with Crippen molar-refractivity contribution in [3.8, 4) is 0 Å². The summed E-state index contributed by atoms with van der Waals surface area (Å²) < 4.78 is 6.34. The summed E-state index contributed by atoms with van der Waals surface area (Å²) in [6.45, 7) is 4.61. The van der Waals surface area contributed by atoms with E-state index in [-0.39, 0.29) is 10.9 Å². The van der Waals surface area contributed by atoms with Gasteiger partial charge in [-0.3, -0.25) is 0 Å². The Morgan fingerprint density at radius 3 is 1.77 bits per heavy atom. The molecule has 1 aliphatic rings. The standard InChI is InChI=1S/C17H20Cl2OSi2/c1-21(2)20-17(19)16(18)13-22(21,14-9-5-3-6-10-14)15-11-7-4-8-12-15/h3-12,16-17H,13H2,1-2H3. The number of benzene rings is 2. The highest BCUT2D eigenvalue weighted by Crippen LogP contribution is 2.37. The van der Waals surface area contributed by atoms with E-state index in [1.54, 1.807) is 0 Å². The first-order chi connectivity index (χ1) is 10.5. The largest absolute Gasteiger partial charge is 0.402 e. The zero-order valence-electron chi connectivity index (χ0n) is 12.8. The number of rotatable bonds is 2. The van der Waals surface area contributed by atoms with E-state index in [2.05, 4.69) is 73.8 Å². The van der Waals surface area contributed by atoms with Crippen LogP contribution in [0.4, 0.5) is 0 Å².